The molecule has 2 heterocycles. The summed E-state index contributed by atoms with van der Waals surface area (Å²) in [6, 6.07) is 42.4. The van der Waals surface area contributed by atoms with Crippen molar-refractivity contribution in [2.24, 2.45) is 0 Å². The summed E-state index contributed by atoms with van der Waals surface area (Å²) in [6.07, 6.45) is 1.86. The largest absolute Gasteiger partial charge is 0.252 e. The van der Waals surface area contributed by atoms with E-state index in [1.54, 1.807) is 0 Å². The molecule has 8 rings (SSSR count). The molecule has 0 unspecified atom stereocenters. The molecule has 0 saturated heterocycles. The summed E-state index contributed by atoms with van der Waals surface area (Å²) in [4.78, 5) is 14.8. The van der Waals surface area contributed by atoms with Gasteiger partial charge >= 0.3 is 0 Å². The number of pyridine rings is 1. The highest BCUT2D eigenvalue weighted by Crippen LogP contribution is 2.42. The lowest BCUT2D eigenvalue weighted by molar-refractivity contribution is 1.29. The van der Waals surface area contributed by atoms with Gasteiger partial charge in [-0.15, -0.1) is 0 Å². The highest BCUT2D eigenvalue weighted by molar-refractivity contribution is 6.33. The smallest absolute Gasteiger partial charge is 0.0894 e. The zero-order valence-corrected chi connectivity index (χ0v) is 20.5. The summed E-state index contributed by atoms with van der Waals surface area (Å²) in [5.41, 5.74) is 6.70. The van der Waals surface area contributed by atoms with Crippen LogP contribution in [-0.4, -0.2) is 15.0 Å². The number of hydrogen-bond acceptors (Lipinski definition) is 3. The minimum Gasteiger partial charge on any atom is -0.252 e. The fourth-order valence-corrected chi connectivity index (χ4v) is 5.76. The molecule has 176 valence electrons. The molecule has 0 atom stereocenters. The van der Waals surface area contributed by atoms with Crippen LogP contribution in [0.15, 0.2) is 128 Å². The average molecular weight is 484 g/mol. The molecule has 0 aliphatic rings. The first-order valence-electron chi connectivity index (χ1n) is 12.8. The monoisotopic (exact) mass is 483 g/mol. The van der Waals surface area contributed by atoms with Crippen LogP contribution in [0.1, 0.15) is 0 Å². The van der Waals surface area contributed by atoms with Crippen LogP contribution in [0.4, 0.5) is 0 Å². The third kappa shape index (κ3) is 3.12. The van der Waals surface area contributed by atoms with Gasteiger partial charge in [0.2, 0.25) is 0 Å². The molecule has 0 fully saturated rings. The third-order valence-electron chi connectivity index (χ3n) is 7.46. The second-order valence-electron chi connectivity index (χ2n) is 9.64. The summed E-state index contributed by atoms with van der Waals surface area (Å²) in [5, 5.41) is 8.56. The Kier molecular flexibility index (Phi) is 4.52. The van der Waals surface area contributed by atoms with Crippen LogP contribution in [0, 0.1) is 0 Å². The van der Waals surface area contributed by atoms with Gasteiger partial charge in [-0.3, -0.25) is 4.98 Å². The highest BCUT2D eigenvalue weighted by Gasteiger charge is 2.17. The Morgan fingerprint density at radius 3 is 1.74 bits per heavy atom. The predicted molar refractivity (Wildman–Crippen MR) is 158 cm³/mol. The molecule has 38 heavy (non-hydrogen) atoms. The van der Waals surface area contributed by atoms with Gasteiger partial charge in [0.25, 0.3) is 0 Å². The Labute approximate surface area is 219 Å². The molecule has 0 bridgehead atoms. The van der Waals surface area contributed by atoms with Crippen LogP contribution in [0.5, 0.6) is 0 Å². The van der Waals surface area contributed by atoms with Crippen molar-refractivity contribution < 1.29 is 0 Å². The number of nitrogens with zero attached hydrogens (tertiary/aromatic N) is 3. The molecule has 0 spiro atoms. The average Bonchev–Trinajstić information content (AvgIpc) is 3.00. The van der Waals surface area contributed by atoms with Gasteiger partial charge in [-0.05, 0) is 45.8 Å². The Hall–Kier alpha value is -5.15. The van der Waals surface area contributed by atoms with Gasteiger partial charge in [-0.25, -0.2) is 9.97 Å². The molecule has 2 aromatic heterocycles. The van der Waals surface area contributed by atoms with Gasteiger partial charge < -0.3 is 0 Å². The maximum atomic E-state index is 5.28. The molecule has 3 heteroatoms. The van der Waals surface area contributed by atoms with E-state index in [4.69, 9.17) is 9.97 Å². The Bertz CT molecular complexity index is 2200. The van der Waals surface area contributed by atoms with E-state index in [2.05, 4.69) is 102 Å². The SMILES string of the molecule is c1cc(-c2cnc3ccccc3n2)cc(-c2nc3ccccc3c3c4ccccc4c4ccccc4c23)c1. The van der Waals surface area contributed by atoms with E-state index in [1.165, 1.54) is 37.7 Å². The quantitative estimate of drug-likeness (QED) is 0.230. The second kappa shape index (κ2) is 8.19. The van der Waals surface area contributed by atoms with Crippen LogP contribution >= 0.6 is 0 Å². The van der Waals surface area contributed by atoms with Crippen molar-refractivity contribution in [2.45, 2.75) is 0 Å². The topological polar surface area (TPSA) is 38.7 Å². The summed E-state index contributed by atoms with van der Waals surface area (Å²) in [7, 11) is 0. The fraction of sp³-hybridized carbons (Fsp3) is 0. The third-order valence-corrected chi connectivity index (χ3v) is 7.46. The molecule has 0 aliphatic carbocycles. The second-order valence-corrected chi connectivity index (χ2v) is 9.64. The van der Waals surface area contributed by atoms with E-state index in [0.29, 0.717) is 0 Å². The Morgan fingerprint density at radius 2 is 0.974 bits per heavy atom. The zero-order chi connectivity index (χ0) is 25.1. The van der Waals surface area contributed by atoms with E-state index in [-0.39, 0.29) is 0 Å². The lowest BCUT2D eigenvalue weighted by atomic mass is 9.89. The van der Waals surface area contributed by atoms with Crippen LogP contribution in [0.2, 0.25) is 0 Å². The molecule has 8 aromatic rings. The molecule has 0 saturated carbocycles. The maximum Gasteiger partial charge on any atom is 0.0894 e. The van der Waals surface area contributed by atoms with Gasteiger partial charge in [0.1, 0.15) is 0 Å². The van der Waals surface area contributed by atoms with Crippen molar-refractivity contribution in [2.75, 3.05) is 0 Å². The molecule has 6 aromatic carbocycles. The van der Waals surface area contributed by atoms with Gasteiger partial charge in [0.15, 0.2) is 0 Å². The maximum absolute atomic E-state index is 5.28. The molecule has 0 N–H and O–H groups in total. The summed E-state index contributed by atoms with van der Waals surface area (Å²) in [6.45, 7) is 0. The molecule has 0 radical (unpaired) electrons. The molecule has 0 aliphatic heterocycles. The predicted octanol–water partition coefficient (Wildman–Crippen LogP) is 8.97. The van der Waals surface area contributed by atoms with Crippen molar-refractivity contribution in [1.82, 2.24) is 15.0 Å². The molecular formula is C35H21N3. The van der Waals surface area contributed by atoms with E-state index in [1.807, 2.05) is 30.5 Å². The van der Waals surface area contributed by atoms with Gasteiger partial charge in [0.05, 0.1) is 34.1 Å². The minimum absolute atomic E-state index is 0.853. The number of hydrogen-bond donors (Lipinski definition) is 0. The Morgan fingerprint density at radius 1 is 0.395 bits per heavy atom. The van der Waals surface area contributed by atoms with Crippen LogP contribution in [-0.2, 0) is 0 Å². The standard InChI is InChI=1S/C35H21N3/c1-3-14-26-24(12-1)25-13-2-4-15-27(25)34-33(26)28-16-5-6-17-29(28)38-35(34)23-11-9-10-22(20-23)32-21-36-30-18-7-8-19-31(30)37-32/h1-21H. The van der Waals surface area contributed by atoms with E-state index in [9.17, 15) is 0 Å². The first kappa shape index (κ1) is 21.0. The first-order chi connectivity index (χ1) is 18.8. The first-order valence-corrected chi connectivity index (χ1v) is 12.8. The van der Waals surface area contributed by atoms with E-state index >= 15 is 0 Å². The highest BCUT2D eigenvalue weighted by atomic mass is 14.8. The van der Waals surface area contributed by atoms with Crippen molar-refractivity contribution in [1.29, 1.82) is 0 Å². The van der Waals surface area contributed by atoms with Crippen molar-refractivity contribution in [3.05, 3.63) is 128 Å². The number of aromatic nitrogens is 3. The lowest BCUT2D eigenvalue weighted by Crippen LogP contribution is -1.94. The molecule has 3 nitrogen and oxygen atoms in total. The number of rotatable bonds is 2. The number of benzene rings is 6. The van der Waals surface area contributed by atoms with E-state index < -0.39 is 0 Å². The van der Waals surface area contributed by atoms with Crippen molar-refractivity contribution in [3.63, 3.8) is 0 Å². The Balaban J connectivity index is 1.49. The van der Waals surface area contributed by atoms with Crippen LogP contribution in [0.25, 0.3) is 76.8 Å². The summed E-state index contributed by atoms with van der Waals surface area (Å²) >= 11 is 0. The summed E-state index contributed by atoms with van der Waals surface area (Å²) in [5.74, 6) is 0. The van der Waals surface area contributed by atoms with Crippen molar-refractivity contribution >= 4 is 54.3 Å². The fourth-order valence-electron chi connectivity index (χ4n) is 5.76. The van der Waals surface area contributed by atoms with E-state index in [0.717, 1.165) is 39.1 Å². The van der Waals surface area contributed by atoms with Crippen molar-refractivity contribution in [3.8, 4) is 22.5 Å². The van der Waals surface area contributed by atoms with Crippen LogP contribution < -0.4 is 0 Å². The molecule has 0 amide bonds. The normalized spacial score (nSPS) is 11.7. The van der Waals surface area contributed by atoms with Gasteiger partial charge in [0, 0.05) is 27.3 Å². The minimum atomic E-state index is 0.853. The van der Waals surface area contributed by atoms with Crippen LogP contribution in [0.3, 0.4) is 0 Å². The van der Waals surface area contributed by atoms with Gasteiger partial charge in [-0.1, -0.05) is 97.1 Å². The number of para-hydroxylation sites is 3. The lowest BCUT2D eigenvalue weighted by Gasteiger charge is -2.16. The van der Waals surface area contributed by atoms with Gasteiger partial charge in [-0.2, -0.15) is 0 Å². The zero-order valence-electron chi connectivity index (χ0n) is 20.5. The number of fused-ring (bicyclic) bond motifs is 9. The summed E-state index contributed by atoms with van der Waals surface area (Å²) < 4.78 is 0. The molecular weight excluding hydrogens is 462 g/mol.